The van der Waals surface area contributed by atoms with E-state index in [4.69, 9.17) is 5.41 Å². The molecule has 2 aliphatic heterocycles. The molecule has 2 aliphatic rings. The standard InChI is InChI=1S/C26H18F4N4OS/c1-14-10-17(15(2)33(14)20-5-3-4-18(12-20)26(28,29)30)11-21-23(31)34-22(13-36-25(34)32-24(21)35)16-6-8-19(27)9-7-16/h3-13,31H,1-2H3/b21-11-,31-23?. The molecule has 0 unspecified atom stereocenters. The van der Waals surface area contributed by atoms with E-state index in [9.17, 15) is 22.4 Å². The number of alkyl halides is 3. The van der Waals surface area contributed by atoms with Gasteiger partial charge in [-0.1, -0.05) is 17.8 Å². The Bertz CT molecular complexity index is 1510. The molecule has 2 aromatic carbocycles. The summed E-state index contributed by atoms with van der Waals surface area (Å²) in [6.07, 6.45) is -2.94. The van der Waals surface area contributed by atoms with Gasteiger partial charge in [0.2, 0.25) is 0 Å². The molecule has 36 heavy (non-hydrogen) atoms. The molecule has 5 rings (SSSR count). The van der Waals surface area contributed by atoms with E-state index >= 15 is 0 Å². The molecule has 1 amide bonds. The second-order valence-corrected chi connectivity index (χ2v) is 9.12. The lowest BCUT2D eigenvalue weighted by molar-refractivity contribution is -0.137. The fourth-order valence-electron chi connectivity index (χ4n) is 4.23. The Morgan fingerprint density at radius 1 is 1.06 bits per heavy atom. The summed E-state index contributed by atoms with van der Waals surface area (Å²) in [6, 6.07) is 12.6. The summed E-state index contributed by atoms with van der Waals surface area (Å²) in [4.78, 5) is 18.5. The maximum Gasteiger partial charge on any atom is 0.416 e. The summed E-state index contributed by atoms with van der Waals surface area (Å²) in [6.45, 7) is 3.49. The molecule has 3 heterocycles. The van der Waals surface area contributed by atoms with Crippen LogP contribution in [0.1, 0.15) is 28.1 Å². The lowest BCUT2D eigenvalue weighted by Crippen LogP contribution is -2.38. The minimum absolute atomic E-state index is 0.0403. The summed E-state index contributed by atoms with van der Waals surface area (Å²) >= 11 is 1.19. The fraction of sp³-hybridized carbons (Fsp3) is 0.115. The van der Waals surface area contributed by atoms with Crippen LogP contribution in [0.5, 0.6) is 0 Å². The van der Waals surface area contributed by atoms with Gasteiger partial charge in [0, 0.05) is 22.5 Å². The zero-order valence-corrected chi connectivity index (χ0v) is 19.8. The molecule has 0 atom stereocenters. The summed E-state index contributed by atoms with van der Waals surface area (Å²) in [5.41, 5.74) is 2.74. The summed E-state index contributed by atoms with van der Waals surface area (Å²) < 4.78 is 54.8. The Hall–Kier alpha value is -3.92. The SMILES string of the molecule is Cc1cc(/C=C2/C(=N)N3C(c4ccc(F)cc4)=CSC3=NC2=O)c(C)n1-c1cccc(C(F)(F)F)c1. The van der Waals surface area contributed by atoms with Gasteiger partial charge >= 0.3 is 6.18 Å². The minimum Gasteiger partial charge on any atom is -0.318 e. The van der Waals surface area contributed by atoms with Crippen LogP contribution < -0.4 is 0 Å². The number of thioether (sulfide) groups is 1. The van der Waals surface area contributed by atoms with Crippen LogP contribution in [0, 0.1) is 25.1 Å². The highest BCUT2D eigenvalue weighted by Crippen LogP contribution is 2.38. The molecule has 1 N–H and O–H groups in total. The maximum atomic E-state index is 13.4. The van der Waals surface area contributed by atoms with E-state index in [1.165, 1.54) is 40.9 Å². The summed E-state index contributed by atoms with van der Waals surface area (Å²) in [5, 5.41) is 10.8. The average molecular weight is 511 g/mol. The Labute approximate surface area is 208 Å². The third kappa shape index (κ3) is 4.07. The Morgan fingerprint density at radius 3 is 2.47 bits per heavy atom. The van der Waals surface area contributed by atoms with Crippen LogP contribution in [0.15, 0.2) is 70.6 Å². The summed E-state index contributed by atoms with van der Waals surface area (Å²) in [7, 11) is 0. The lowest BCUT2D eigenvalue weighted by atomic mass is 10.1. The number of hydrogen-bond acceptors (Lipinski definition) is 3. The Kier molecular flexibility index (Phi) is 5.71. The van der Waals surface area contributed by atoms with E-state index in [1.54, 1.807) is 48.1 Å². The number of aryl methyl sites for hydroxylation is 1. The molecular formula is C26H18F4N4OS. The van der Waals surface area contributed by atoms with Crippen molar-refractivity contribution in [3.05, 3.63) is 99.5 Å². The number of nitrogens with zero attached hydrogens (tertiary/aromatic N) is 3. The fourth-order valence-corrected chi connectivity index (χ4v) is 5.12. The van der Waals surface area contributed by atoms with Crippen LogP contribution in [-0.2, 0) is 11.0 Å². The van der Waals surface area contributed by atoms with E-state index in [-0.39, 0.29) is 17.2 Å². The molecule has 0 radical (unpaired) electrons. The predicted molar refractivity (Wildman–Crippen MR) is 132 cm³/mol. The lowest BCUT2D eigenvalue weighted by Gasteiger charge is -2.27. The predicted octanol–water partition coefficient (Wildman–Crippen LogP) is 6.56. The Balaban J connectivity index is 1.53. The maximum absolute atomic E-state index is 13.4. The summed E-state index contributed by atoms with van der Waals surface area (Å²) in [5.74, 6) is -1.06. The van der Waals surface area contributed by atoms with E-state index in [0.717, 1.165) is 12.1 Å². The monoisotopic (exact) mass is 510 g/mol. The molecule has 0 aliphatic carbocycles. The average Bonchev–Trinajstić information content (AvgIpc) is 3.37. The van der Waals surface area contributed by atoms with E-state index in [2.05, 4.69) is 4.99 Å². The molecule has 5 nitrogen and oxygen atoms in total. The quantitative estimate of drug-likeness (QED) is 0.321. The van der Waals surface area contributed by atoms with Crippen LogP contribution in [-0.4, -0.2) is 26.4 Å². The third-order valence-electron chi connectivity index (χ3n) is 5.96. The van der Waals surface area contributed by atoms with Crippen molar-refractivity contribution >= 4 is 40.4 Å². The number of rotatable bonds is 3. The first-order valence-corrected chi connectivity index (χ1v) is 11.7. The van der Waals surface area contributed by atoms with E-state index in [0.29, 0.717) is 39.1 Å². The smallest absolute Gasteiger partial charge is 0.318 e. The van der Waals surface area contributed by atoms with Crippen molar-refractivity contribution in [3.63, 3.8) is 0 Å². The van der Waals surface area contributed by atoms with Gasteiger partial charge in [-0.3, -0.25) is 15.1 Å². The van der Waals surface area contributed by atoms with Crippen molar-refractivity contribution < 1.29 is 22.4 Å². The number of halogens is 4. The van der Waals surface area contributed by atoms with Crippen molar-refractivity contribution in [3.8, 4) is 5.69 Å². The van der Waals surface area contributed by atoms with Gasteiger partial charge in [-0.05, 0) is 79.6 Å². The van der Waals surface area contributed by atoms with Crippen LogP contribution in [0.2, 0.25) is 0 Å². The van der Waals surface area contributed by atoms with Crippen LogP contribution in [0.25, 0.3) is 17.5 Å². The van der Waals surface area contributed by atoms with Crippen molar-refractivity contribution in [1.29, 1.82) is 5.41 Å². The van der Waals surface area contributed by atoms with Gasteiger partial charge in [0.15, 0.2) is 5.17 Å². The Morgan fingerprint density at radius 2 is 1.78 bits per heavy atom. The number of carbonyl (C=O) groups excluding carboxylic acids is 1. The highest BCUT2D eigenvalue weighted by Gasteiger charge is 2.36. The number of benzene rings is 2. The number of nitrogens with one attached hydrogen (secondary N) is 1. The van der Waals surface area contributed by atoms with E-state index in [1.807, 2.05) is 0 Å². The number of aliphatic imine (C=N–C) groups is 1. The molecule has 182 valence electrons. The van der Waals surface area contributed by atoms with Crippen molar-refractivity contribution in [2.24, 2.45) is 4.99 Å². The molecular weight excluding hydrogens is 492 g/mol. The van der Waals surface area contributed by atoms with Gasteiger partial charge in [-0.2, -0.15) is 18.2 Å². The van der Waals surface area contributed by atoms with Gasteiger partial charge in [-0.15, -0.1) is 0 Å². The second kappa shape index (κ2) is 8.63. The van der Waals surface area contributed by atoms with Crippen molar-refractivity contribution in [2.45, 2.75) is 20.0 Å². The highest BCUT2D eigenvalue weighted by molar-refractivity contribution is 8.17. The van der Waals surface area contributed by atoms with Gasteiger partial charge in [0.1, 0.15) is 11.7 Å². The van der Waals surface area contributed by atoms with Gasteiger partial charge in [0.25, 0.3) is 5.91 Å². The third-order valence-corrected chi connectivity index (χ3v) is 6.78. The zero-order valence-electron chi connectivity index (χ0n) is 19.0. The number of hydrogen-bond donors (Lipinski definition) is 1. The zero-order chi connectivity index (χ0) is 25.8. The molecule has 0 bridgehead atoms. The molecule has 0 spiro atoms. The molecule has 3 aromatic rings. The van der Waals surface area contributed by atoms with Gasteiger partial charge < -0.3 is 4.57 Å². The van der Waals surface area contributed by atoms with E-state index < -0.39 is 17.6 Å². The first kappa shape index (κ1) is 23.8. The van der Waals surface area contributed by atoms with Gasteiger partial charge in [-0.25, -0.2) is 4.39 Å². The minimum atomic E-state index is -4.47. The molecule has 0 saturated heterocycles. The molecule has 1 aromatic heterocycles. The topological polar surface area (TPSA) is 61.5 Å². The molecule has 0 saturated carbocycles. The van der Waals surface area contributed by atoms with Crippen molar-refractivity contribution in [1.82, 2.24) is 9.47 Å². The molecule has 0 fully saturated rings. The number of amides is 1. The number of aromatic nitrogens is 1. The number of amidine groups is 2. The number of fused-ring (bicyclic) bond motifs is 1. The molecule has 10 heteroatoms. The van der Waals surface area contributed by atoms with Crippen LogP contribution >= 0.6 is 11.8 Å². The first-order valence-electron chi connectivity index (χ1n) is 10.8. The number of carbonyl (C=O) groups is 1. The van der Waals surface area contributed by atoms with Crippen LogP contribution in [0.4, 0.5) is 17.6 Å². The van der Waals surface area contributed by atoms with Crippen LogP contribution in [0.3, 0.4) is 0 Å². The first-order chi connectivity index (χ1) is 17.0. The second-order valence-electron chi connectivity index (χ2n) is 8.28. The highest BCUT2D eigenvalue weighted by atomic mass is 32.2. The van der Waals surface area contributed by atoms with Crippen molar-refractivity contribution in [2.75, 3.05) is 0 Å². The normalized spacial score (nSPS) is 16.9. The largest absolute Gasteiger partial charge is 0.416 e. The van der Waals surface area contributed by atoms with Gasteiger partial charge in [0.05, 0.1) is 16.8 Å².